The summed E-state index contributed by atoms with van der Waals surface area (Å²) < 4.78 is 18.5. The lowest BCUT2D eigenvalue weighted by atomic mass is 9.94. The van der Waals surface area contributed by atoms with Gasteiger partial charge in [-0.05, 0) is 44.0 Å². The Morgan fingerprint density at radius 2 is 1.74 bits per heavy atom. The number of hydrogen-bond acceptors (Lipinski definition) is 5. The van der Waals surface area contributed by atoms with Gasteiger partial charge in [0.2, 0.25) is 5.43 Å². The number of ether oxygens (including phenoxy) is 3. The normalized spacial score (nSPS) is 14.2. The quantitative estimate of drug-likeness (QED) is 0.612. The Morgan fingerprint density at radius 1 is 1.06 bits per heavy atom. The lowest BCUT2D eigenvalue weighted by Gasteiger charge is -2.31. The minimum Gasteiger partial charge on any atom is -0.497 e. The van der Waals surface area contributed by atoms with Crippen LogP contribution < -0.4 is 19.6 Å². The molecule has 1 fully saturated rings. The first kappa shape index (κ1) is 22.7. The summed E-state index contributed by atoms with van der Waals surface area (Å²) in [6.07, 6.45) is 7.34. The number of hydrogen-bond donors (Lipinski definition) is 0. The second-order valence-electron chi connectivity index (χ2n) is 7.90. The average Bonchev–Trinajstić information content (AvgIpc) is 2.80. The Kier molecular flexibility index (Phi) is 7.98. The Labute approximate surface area is 183 Å². The molecule has 0 atom stereocenters. The molecular formula is C24H32N2O5. The van der Waals surface area contributed by atoms with Gasteiger partial charge in [-0.2, -0.15) is 0 Å². The Bertz CT molecular complexity index is 917. The van der Waals surface area contributed by atoms with Crippen LogP contribution in [0, 0.1) is 6.92 Å². The van der Waals surface area contributed by atoms with Crippen LogP contribution in [0.5, 0.6) is 17.2 Å². The zero-order chi connectivity index (χ0) is 22.2. The fourth-order valence-corrected chi connectivity index (χ4v) is 3.91. The summed E-state index contributed by atoms with van der Waals surface area (Å²) in [6.45, 7) is 2.66. The van der Waals surface area contributed by atoms with Crippen LogP contribution in [-0.2, 0) is 11.3 Å². The first-order chi connectivity index (χ1) is 15.0. The number of benzene rings is 1. The number of pyridine rings is 1. The van der Waals surface area contributed by atoms with Crippen molar-refractivity contribution in [2.24, 2.45) is 0 Å². The third-order valence-corrected chi connectivity index (χ3v) is 5.91. The molecule has 7 nitrogen and oxygen atoms in total. The van der Waals surface area contributed by atoms with Gasteiger partial charge in [-0.3, -0.25) is 9.59 Å². The van der Waals surface area contributed by atoms with E-state index in [2.05, 4.69) is 0 Å². The van der Waals surface area contributed by atoms with Gasteiger partial charge in [0.25, 0.3) is 5.91 Å². The molecule has 1 amide bonds. The molecule has 7 heteroatoms. The predicted octanol–water partition coefficient (Wildman–Crippen LogP) is 3.41. The van der Waals surface area contributed by atoms with Gasteiger partial charge >= 0.3 is 0 Å². The van der Waals surface area contributed by atoms with Gasteiger partial charge in [0.1, 0.15) is 18.1 Å². The van der Waals surface area contributed by atoms with Crippen molar-refractivity contribution >= 4 is 5.91 Å². The van der Waals surface area contributed by atoms with Gasteiger partial charge in [-0.25, -0.2) is 0 Å². The van der Waals surface area contributed by atoms with Crippen molar-refractivity contribution in [1.29, 1.82) is 0 Å². The summed E-state index contributed by atoms with van der Waals surface area (Å²) in [5, 5.41) is 0. The number of aromatic nitrogens is 1. The van der Waals surface area contributed by atoms with Gasteiger partial charge in [0.05, 0.1) is 19.3 Å². The number of carbonyl (C=O) groups is 1. The molecule has 0 bridgehead atoms. The molecule has 0 saturated heterocycles. The molecule has 1 saturated carbocycles. The van der Waals surface area contributed by atoms with E-state index in [4.69, 9.17) is 14.2 Å². The first-order valence-electron chi connectivity index (χ1n) is 10.8. The van der Waals surface area contributed by atoms with Crippen molar-refractivity contribution in [2.45, 2.75) is 51.6 Å². The molecular weight excluding hydrogens is 396 g/mol. The molecule has 1 aliphatic rings. The lowest BCUT2D eigenvalue weighted by molar-refractivity contribution is -0.134. The van der Waals surface area contributed by atoms with Gasteiger partial charge in [0.15, 0.2) is 12.4 Å². The maximum absolute atomic E-state index is 12.6. The Hall–Kier alpha value is -2.96. The van der Waals surface area contributed by atoms with E-state index in [0.29, 0.717) is 18.8 Å². The summed E-state index contributed by atoms with van der Waals surface area (Å²) >= 11 is 0. The van der Waals surface area contributed by atoms with E-state index in [-0.39, 0.29) is 29.7 Å². The molecule has 0 radical (unpaired) electrons. The third-order valence-electron chi connectivity index (χ3n) is 5.91. The smallest absolute Gasteiger partial charge is 0.260 e. The van der Waals surface area contributed by atoms with Crippen LogP contribution in [0.25, 0.3) is 0 Å². The second-order valence-corrected chi connectivity index (χ2v) is 7.90. The van der Waals surface area contributed by atoms with Crippen LogP contribution >= 0.6 is 0 Å². The standard InChI is InChI=1S/C24H32N2O5/c1-18-24(31-17-23(28)25(2)19-7-5-4-6-8-19)22(27)13-14-26(18)15-16-30-21-11-9-20(29-3)10-12-21/h9-14,19H,4-8,15-17H2,1-3H3. The fraction of sp³-hybridized carbons (Fsp3) is 0.500. The highest BCUT2D eigenvalue weighted by Crippen LogP contribution is 2.22. The predicted molar refractivity (Wildman–Crippen MR) is 119 cm³/mol. The number of carbonyl (C=O) groups excluding carboxylic acids is 1. The molecule has 0 N–H and O–H groups in total. The van der Waals surface area contributed by atoms with Gasteiger partial charge in [-0.15, -0.1) is 0 Å². The van der Waals surface area contributed by atoms with Crippen LogP contribution in [-0.4, -0.2) is 48.8 Å². The Balaban J connectivity index is 1.56. The van der Waals surface area contributed by atoms with E-state index in [1.54, 1.807) is 18.2 Å². The van der Waals surface area contributed by atoms with E-state index in [0.717, 1.165) is 37.2 Å². The largest absolute Gasteiger partial charge is 0.497 e. The molecule has 1 aromatic carbocycles. The molecule has 168 valence electrons. The number of amides is 1. The molecule has 31 heavy (non-hydrogen) atoms. The van der Waals surface area contributed by atoms with Gasteiger partial charge in [-0.1, -0.05) is 19.3 Å². The fourth-order valence-electron chi connectivity index (χ4n) is 3.91. The summed E-state index contributed by atoms with van der Waals surface area (Å²) in [6, 6.07) is 9.11. The highest BCUT2D eigenvalue weighted by atomic mass is 16.5. The molecule has 1 aromatic heterocycles. The van der Waals surface area contributed by atoms with Gasteiger partial charge in [0, 0.05) is 25.4 Å². The number of methoxy groups -OCH3 is 1. The van der Waals surface area contributed by atoms with Crippen molar-refractivity contribution in [1.82, 2.24) is 9.47 Å². The van der Waals surface area contributed by atoms with Gasteiger partial charge < -0.3 is 23.7 Å². The van der Waals surface area contributed by atoms with Crippen LogP contribution in [0.4, 0.5) is 0 Å². The van der Waals surface area contributed by atoms with Crippen LogP contribution in [0.15, 0.2) is 41.3 Å². The first-order valence-corrected chi connectivity index (χ1v) is 10.8. The maximum Gasteiger partial charge on any atom is 0.260 e. The van der Waals surface area contributed by atoms with Crippen LogP contribution in [0.1, 0.15) is 37.8 Å². The van der Waals surface area contributed by atoms with E-state index >= 15 is 0 Å². The van der Waals surface area contributed by atoms with Crippen molar-refractivity contribution in [3.63, 3.8) is 0 Å². The van der Waals surface area contributed by atoms with E-state index in [1.165, 1.54) is 12.5 Å². The van der Waals surface area contributed by atoms with Crippen LogP contribution in [0.2, 0.25) is 0 Å². The van der Waals surface area contributed by atoms with E-state index in [1.807, 2.05) is 42.8 Å². The molecule has 1 aliphatic carbocycles. The number of rotatable bonds is 9. The van der Waals surface area contributed by atoms with Crippen molar-refractivity contribution in [3.05, 3.63) is 52.4 Å². The minimum absolute atomic E-state index is 0.0936. The van der Waals surface area contributed by atoms with Crippen molar-refractivity contribution in [3.8, 4) is 17.2 Å². The molecule has 0 aliphatic heterocycles. The maximum atomic E-state index is 12.6. The molecule has 1 heterocycles. The molecule has 2 aromatic rings. The lowest BCUT2D eigenvalue weighted by Crippen LogP contribution is -2.41. The second kappa shape index (κ2) is 10.9. The summed E-state index contributed by atoms with van der Waals surface area (Å²) in [7, 11) is 3.45. The van der Waals surface area contributed by atoms with Crippen LogP contribution in [0.3, 0.4) is 0 Å². The van der Waals surface area contributed by atoms with E-state index < -0.39 is 0 Å². The molecule has 3 rings (SSSR count). The van der Waals surface area contributed by atoms with Crippen molar-refractivity contribution in [2.75, 3.05) is 27.4 Å². The van der Waals surface area contributed by atoms with Crippen molar-refractivity contribution < 1.29 is 19.0 Å². The topological polar surface area (TPSA) is 70.0 Å². The molecule has 0 unspecified atom stereocenters. The third kappa shape index (κ3) is 6.03. The molecule has 0 spiro atoms. The number of likely N-dealkylation sites (N-methyl/N-ethyl adjacent to an activating group) is 1. The highest BCUT2D eigenvalue weighted by molar-refractivity contribution is 5.77. The Morgan fingerprint density at radius 3 is 2.42 bits per heavy atom. The minimum atomic E-state index is -0.224. The monoisotopic (exact) mass is 428 g/mol. The number of nitrogens with zero attached hydrogens (tertiary/aromatic N) is 2. The summed E-state index contributed by atoms with van der Waals surface area (Å²) in [4.78, 5) is 26.7. The highest BCUT2D eigenvalue weighted by Gasteiger charge is 2.22. The SMILES string of the molecule is COc1ccc(OCCn2ccc(=O)c(OCC(=O)N(C)C3CCCCC3)c2C)cc1. The summed E-state index contributed by atoms with van der Waals surface area (Å²) in [5.74, 6) is 1.64. The zero-order valence-corrected chi connectivity index (χ0v) is 18.6. The summed E-state index contributed by atoms with van der Waals surface area (Å²) in [5.41, 5.74) is 0.455. The van der Waals surface area contributed by atoms with E-state index in [9.17, 15) is 9.59 Å². The zero-order valence-electron chi connectivity index (χ0n) is 18.6. The average molecular weight is 429 g/mol.